The molecule has 0 aromatic heterocycles. The minimum atomic E-state index is -0.324. The standard InChI is InChI=1S/C11H20N2O/c1-8(12)11(14)13-6-9-4-2-3-5-10(9)7-13/h8-10H,2-7,12H2,1H3/t8-,9-,10+/m0/s1. The van der Waals surface area contributed by atoms with Crippen molar-refractivity contribution in [1.82, 2.24) is 4.90 Å². The van der Waals surface area contributed by atoms with Crippen LogP contribution in [0.2, 0.25) is 0 Å². The molecule has 0 radical (unpaired) electrons. The van der Waals surface area contributed by atoms with Gasteiger partial charge >= 0.3 is 0 Å². The summed E-state index contributed by atoms with van der Waals surface area (Å²) in [4.78, 5) is 13.7. The second kappa shape index (κ2) is 3.89. The van der Waals surface area contributed by atoms with Gasteiger partial charge in [0.2, 0.25) is 5.91 Å². The Kier molecular flexibility index (Phi) is 2.77. The molecule has 1 saturated carbocycles. The van der Waals surface area contributed by atoms with Gasteiger partial charge in [-0.1, -0.05) is 12.8 Å². The number of hydrogen-bond acceptors (Lipinski definition) is 2. The molecule has 1 aliphatic carbocycles. The molecule has 0 spiro atoms. The number of carbonyl (C=O) groups is 1. The third-order valence-corrected chi connectivity index (χ3v) is 3.68. The average molecular weight is 196 g/mol. The van der Waals surface area contributed by atoms with E-state index in [4.69, 9.17) is 5.73 Å². The molecule has 0 aromatic rings. The van der Waals surface area contributed by atoms with Crippen molar-refractivity contribution in [3.8, 4) is 0 Å². The molecular formula is C11H20N2O. The van der Waals surface area contributed by atoms with E-state index in [0.29, 0.717) is 0 Å². The summed E-state index contributed by atoms with van der Waals surface area (Å²) in [5.74, 6) is 1.68. The van der Waals surface area contributed by atoms with Crippen LogP contribution in [0.5, 0.6) is 0 Å². The molecule has 1 amide bonds. The average Bonchev–Trinajstić information content (AvgIpc) is 2.59. The summed E-state index contributed by atoms with van der Waals surface area (Å²) in [6, 6.07) is -0.324. The molecule has 2 N–H and O–H groups in total. The van der Waals surface area contributed by atoms with Crippen molar-refractivity contribution in [3.63, 3.8) is 0 Å². The fraction of sp³-hybridized carbons (Fsp3) is 0.909. The first-order valence-electron chi connectivity index (χ1n) is 5.73. The summed E-state index contributed by atoms with van der Waals surface area (Å²) in [6.07, 6.45) is 5.32. The Hall–Kier alpha value is -0.570. The van der Waals surface area contributed by atoms with Crippen LogP contribution >= 0.6 is 0 Å². The predicted molar refractivity (Wildman–Crippen MR) is 55.7 cm³/mol. The van der Waals surface area contributed by atoms with E-state index in [0.717, 1.165) is 24.9 Å². The molecule has 0 unspecified atom stereocenters. The van der Waals surface area contributed by atoms with E-state index in [9.17, 15) is 4.79 Å². The molecule has 3 atom stereocenters. The van der Waals surface area contributed by atoms with Crippen molar-refractivity contribution in [2.45, 2.75) is 38.6 Å². The monoisotopic (exact) mass is 196 g/mol. The van der Waals surface area contributed by atoms with Crippen LogP contribution < -0.4 is 5.73 Å². The maximum Gasteiger partial charge on any atom is 0.239 e. The van der Waals surface area contributed by atoms with Gasteiger partial charge in [0.1, 0.15) is 0 Å². The summed E-state index contributed by atoms with van der Waals surface area (Å²) >= 11 is 0. The predicted octanol–water partition coefficient (Wildman–Crippen LogP) is 0.982. The molecule has 0 bridgehead atoms. The van der Waals surface area contributed by atoms with E-state index in [-0.39, 0.29) is 11.9 Å². The summed E-state index contributed by atoms with van der Waals surface area (Å²) in [7, 11) is 0. The highest BCUT2D eigenvalue weighted by Gasteiger charge is 2.36. The van der Waals surface area contributed by atoms with Crippen LogP contribution in [0.15, 0.2) is 0 Å². The van der Waals surface area contributed by atoms with Gasteiger partial charge < -0.3 is 10.6 Å². The van der Waals surface area contributed by atoms with Crippen LogP contribution in [-0.2, 0) is 4.79 Å². The van der Waals surface area contributed by atoms with E-state index in [1.165, 1.54) is 25.7 Å². The molecule has 14 heavy (non-hydrogen) atoms. The van der Waals surface area contributed by atoms with Gasteiger partial charge in [-0.15, -0.1) is 0 Å². The Morgan fingerprint density at radius 2 is 1.79 bits per heavy atom. The lowest BCUT2D eigenvalue weighted by Gasteiger charge is -2.22. The lowest BCUT2D eigenvalue weighted by molar-refractivity contribution is -0.131. The van der Waals surface area contributed by atoms with E-state index in [1.807, 2.05) is 4.90 Å². The topological polar surface area (TPSA) is 46.3 Å². The SMILES string of the molecule is C[C@H](N)C(=O)N1C[C@H]2CCCC[C@H]2C1. The van der Waals surface area contributed by atoms with Gasteiger partial charge in [-0.05, 0) is 31.6 Å². The minimum absolute atomic E-state index is 0.138. The Bertz CT molecular complexity index is 213. The fourth-order valence-corrected chi connectivity index (χ4v) is 2.87. The number of rotatable bonds is 1. The van der Waals surface area contributed by atoms with Crippen molar-refractivity contribution < 1.29 is 4.79 Å². The minimum Gasteiger partial charge on any atom is -0.341 e. The van der Waals surface area contributed by atoms with E-state index in [1.54, 1.807) is 6.92 Å². The van der Waals surface area contributed by atoms with Crippen molar-refractivity contribution in [2.75, 3.05) is 13.1 Å². The second-order valence-corrected chi connectivity index (χ2v) is 4.84. The highest BCUT2D eigenvalue weighted by Crippen LogP contribution is 2.35. The molecule has 80 valence electrons. The molecule has 1 saturated heterocycles. The van der Waals surface area contributed by atoms with Gasteiger partial charge in [-0.2, -0.15) is 0 Å². The molecule has 3 heteroatoms. The quantitative estimate of drug-likeness (QED) is 0.679. The van der Waals surface area contributed by atoms with Crippen LogP contribution in [0, 0.1) is 11.8 Å². The number of fused-ring (bicyclic) bond motifs is 1. The number of amides is 1. The van der Waals surface area contributed by atoms with Crippen LogP contribution in [-0.4, -0.2) is 29.9 Å². The number of nitrogens with zero attached hydrogens (tertiary/aromatic N) is 1. The van der Waals surface area contributed by atoms with Gasteiger partial charge in [-0.25, -0.2) is 0 Å². The number of carbonyl (C=O) groups excluding carboxylic acids is 1. The van der Waals surface area contributed by atoms with Crippen molar-refractivity contribution in [3.05, 3.63) is 0 Å². The second-order valence-electron chi connectivity index (χ2n) is 4.84. The van der Waals surface area contributed by atoms with Crippen molar-refractivity contribution in [1.29, 1.82) is 0 Å². The summed E-state index contributed by atoms with van der Waals surface area (Å²) < 4.78 is 0. The molecular weight excluding hydrogens is 176 g/mol. The van der Waals surface area contributed by atoms with E-state index < -0.39 is 0 Å². The zero-order chi connectivity index (χ0) is 10.1. The molecule has 2 fully saturated rings. The summed E-state index contributed by atoms with van der Waals surface area (Å²) in [5.41, 5.74) is 5.61. The van der Waals surface area contributed by atoms with E-state index in [2.05, 4.69) is 0 Å². The largest absolute Gasteiger partial charge is 0.341 e. The van der Waals surface area contributed by atoms with Gasteiger partial charge in [0.25, 0.3) is 0 Å². The van der Waals surface area contributed by atoms with Crippen molar-refractivity contribution >= 4 is 5.91 Å². The maximum absolute atomic E-state index is 11.7. The number of hydrogen-bond donors (Lipinski definition) is 1. The maximum atomic E-state index is 11.7. The van der Waals surface area contributed by atoms with Crippen LogP contribution in [0.4, 0.5) is 0 Å². The lowest BCUT2D eigenvalue weighted by Crippen LogP contribution is -2.40. The molecule has 2 rings (SSSR count). The number of likely N-dealkylation sites (tertiary alicyclic amines) is 1. The van der Waals surface area contributed by atoms with Crippen LogP contribution in [0.25, 0.3) is 0 Å². The molecule has 2 aliphatic rings. The lowest BCUT2D eigenvalue weighted by atomic mass is 9.82. The van der Waals surface area contributed by atoms with Crippen LogP contribution in [0.3, 0.4) is 0 Å². The third kappa shape index (κ3) is 1.78. The molecule has 1 aliphatic heterocycles. The van der Waals surface area contributed by atoms with Gasteiger partial charge in [0, 0.05) is 13.1 Å². The molecule has 0 aromatic carbocycles. The van der Waals surface area contributed by atoms with Crippen LogP contribution in [0.1, 0.15) is 32.6 Å². The van der Waals surface area contributed by atoms with Crippen molar-refractivity contribution in [2.24, 2.45) is 17.6 Å². The first-order chi connectivity index (χ1) is 6.68. The van der Waals surface area contributed by atoms with Gasteiger partial charge in [0.15, 0.2) is 0 Å². The smallest absolute Gasteiger partial charge is 0.239 e. The first-order valence-corrected chi connectivity index (χ1v) is 5.73. The summed E-state index contributed by atoms with van der Waals surface area (Å²) in [6.45, 7) is 3.71. The highest BCUT2D eigenvalue weighted by molar-refractivity contribution is 5.81. The molecule has 3 nitrogen and oxygen atoms in total. The number of nitrogens with two attached hydrogens (primary N) is 1. The zero-order valence-electron chi connectivity index (χ0n) is 8.91. The van der Waals surface area contributed by atoms with Gasteiger partial charge in [-0.3, -0.25) is 4.79 Å². The Labute approximate surface area is 85.6 Å². The summed E-state index contributed by atoms with van der Waals surface area (Å²) in [5, 5.41) is 0. The Morgan fingerprint density at radius 3 is 2.21 bits per heavy atom. The van der Waals surface area contributed by atoms with E-state index >= 15 is 0 Å². The first kappa shape index (κ1) is 9.97. The highest BCUT2D eigenvalue weighted by atomic mass is 16.2. The normalized spacial score (nSPS) is 34.0. The Morgan fingerprint density at radius 1 is 1.29 bits per heavy atom. The zero-order valence-corrected chi connectivity index (χ0v) is 8.91. The Balaban J connectivity index is 1.95. The van der Waals surface area contributed by atoms with Gasteiger partial charge in [0.05, 0.1) is 6.04 Å². The third-order valence-electron chi connectivity index (χ3n) is 3.68. The molecule has 1 heterocycles. The fourth-order valence-electron chi connectivity index (χ4n) is 2.87.